The fourth-order valence-electron chi connectivity index (χ4n) is 2.36. The second kappa shape index (κ2) is 5.29. The van der Waals surface area contributed by atoms with Crippen LogP contribution in [0.4, 0.5) is 0 Å². The average molecular weight is 276 g/mol. The third-order valence-electron chi connectivity index (χ3n) is 4.00. The molecule has 102 valence electrons. The Hall–Kier alpha value is -1.42. The van der Waals surface area contributed by atoms with Crippen LogP contribution < -0.4 is 11.1 Å². The highest BCUT2D eigenvalue weighted by molar-refractivity contribution is 7.80. The van der Waals surface area contributed by atoms with Crippen LogP contribution in [0.15, 0.2) is 18.2 Å². The molecule has 1 aromatic rings. The van der Waals surface area contributed by atoms with Crippen LogP contribution in [0.5, 0.6) is 0 Å². The van der Waals surface area contributed by atoms with Crippen molar-refractivity contribution >= 4 is 23.1 Å². The molecule has 4 heteroatoms. The predicted molar refractivity (Wildman–Crippen MR) is 81.4 cm³/mol. The number of carbonyl (C=O) groups excluding carboxylic acids is 1. The maximum absolute atomic E-state index is 12.3. The fraction of sp³-hybridized carbons (Fsp3) is 0.467. The van der Waals surface area contributed by atoms with E-state index in [-0.39, 0.29) is 5.91 Å². The van der Waals surface area contributed by atoms with Gasteiger partial charge in [0.2, 0.25) is 0 Å². The van der Waals surface area contributed by atoms with Crippen LogP contribution in [0, 0.1) is 0 Å². The van der Waals surface area contributed by atoms with Crippen molar-refractivity contribution < 1.29 is 4.79 Å². The monoisotopic (exact) mass is 276 g/mol. The topological polar surface area (TPSA) is 55.1 Å². The smallest absolute Gasteiger partial charge is 0.252 e. The molecule has 1 aromatic carbocycles. The zero-order valence-corrected chi connectivity index (χ0v) is 12.3. The lowest BCUT2D eigenvalue weighted by Gasteiger charge is -2.28. The van der Waals surface area contributed by atoms with Crippen LogP contribution >= 0.6 is 12.2 Å². The van der Waals surface area contributed by atoms with Gasteiger partial charge in [-0.05, 0) is 55.9 Å². The van der Waals surface area contributed by atoms with Crippen molar-refractivity contribution in [1.29, 1.82) is 0 Å². The molecular weight excluding hydrogens is 256 g/mol. The van der Waals surface area contributed by atoms with Crippen molar-refractivity contribution in [1.82, 2.24) is 5.32 Å². The molecule has 1 unspecified atom stereocenters. The van der Waals surface area contributed by atoms with E-state index in [9.17, 15) is 4.79 Å². The molecule has 0 aromatic heterocycles. The summed E-state index contributed by atoms with van der Waals surface area (Å²) in [7, 11) is 0. The Balaban J connectivity index is 2.18. The van der Waals surface area contributed by atoms with Crippen LogP contribution in [0.1, 0.15) is 48.2 Å². The van der Waals surface area contributed by atoms with Gasteiger partial charge in [-0.15, -0.1) is 0 Å². The van der Waals surface area contributed by atoms with Crippen molar-refractivity contribution in [3.8, 4) is 0 Å². The minimum atomic E-state index is -0.620. The molecule has 0 spiro atoms. The van der Waals surface area contributed by atoms with Crippen molar-refractivity contribution in [3.05, 3.63) is 34.9 Å². The second-order valence-corrected chi connectivity index (χ2v) is 5.78. The van der Waals surface area contributed by atoms with Gasteiger partial charge < -0.3 is 11.1 Å². The standard InChI is InChI=1S/C15H20N2OS/c1-3-15(2,14(16)19)17-13(18)12-8-7-10-5-4-6-11(10)9-12/h7-9H,3-6H2,1-2H3,(H2,16,19)(H,17,18). The number of amides is 1. The van der Waals surface area contributed by atoms with Crippen LogP contribution in [0.2, 0.25) is 0 Å². The summed E-state index contributed by atoms with van der Waals surface area (Å²) in [4.78, 5) is 12.6. The van der Waals surface area contributed by atoms with Gasteiger partial charge in [0.25, 0.3) is 5.91 Å². The molecule has 3 N–H and O–H groups in total. The highest BCUT2D eigenvalue weighted by Crippen LogP contribution is 2.23. The zero-order chi connectivity index (χ0) is 14.0. The van der Waals surface area contributed by atoms with Gasteiger partial charge in [-0.2, -0.15) is 0 Å². The Morgan fingerprint density at radius 3 is 2.74 bits per heavy atom. The van der Waals surface area contributed by atoms with Crippen LogP contribution in [0.3, 0.4) is 0 Å². The maximum atomic E-state index is 12.3. The van der Waals surface area contributed by atoms with E-state index >= 15 is 0 Å². The fourth-order valence-corrected chi connectivity index (χ4v) is 2.56. The number of benzene rings is 1. The Morgan fingerprint density at radius 1 is 1.42 bits per heavy atom. The molecule has 0 saturated carbocycles. The largest absolute Gasteiger partial charge is 0.391 e. The predicted octanol–water partition coefficient (Wildman–Crippen LogP) is 2.36. The van der Waals surface area contributed by atoms with Gasteiger partial charge in [-0.1, -0.05) is 25.2 Å². The maximum Gasteiger partial charge on any atom is 0.252 e. The third kappa shape index (κ3) is 2.78. The lowest BCUT2D eigenvalue weighted by Crippen LogP contribution is -2.54. The van der Waals surface area contributed by atoms with Gasteiger partial charge in [0.15, 0.2) is 0 Å². The normalized spacial score (nSPS) is 16.5. The van der Waals surface area contributed by atoms with E-state index in [4.69, 9.17) is 18.0 Å². The van der Waals surface area contributed by atoms with Crippen LogP contribution in [-0.4, -0.2) is 16.4 Å². The van der Waals surface area contributed by atoms with Crippen molar-refractivity contribution in [2.24, 2.45) is 5.73 Å². The van der Waals surface area contributed by atoms with E-state index in [1.165, 1.54) is 17.5 Å². The summed E-state index contributed by atoms with van der Waals surface area (Å²) in [6.45, 7) is 3.82. The summed E-state index contributed by atoms with van der Waals surface area (Å²) < 4.78 is 0. The number of nitrogens with one attached hydrogen (secondary N) is 1. The Morgan fingerprint density at radius 2 is 2.11 bits per heavy atom. The van der Waals surface area contributed by atoms with E-state index < -0.39 is 5.54 Å². The van der Waals surface area contributed by atoms with E-state index in [0.717, 1.165) is 12.8 Å². The second-order valence-electron chi connectivity index (χ2n) is 5.34. The van der Waals surface area contributed by atoms with Crippen molar-refractivity contribution in [2.75, 3.05) is 0 Å². The Bertz CT molecular complexity index is 527. The first kappa shape index (κ1) is 14.0. The van der Waals surface area contributed by atoms with Gasteiger partial charge in [-0.3, -0.25) is 4.79 Å². The molecule has 0 aliphatic heterocycles. The molecule has 1 amide bonds. The molecule has 0 radical (unpaired) electrons. The minimum Gasteiger partial charge on any atom is -0.391 e. The number of hydrogen-bond acceptors (Lipinski definition) is 2. The van der Waals surface area contributed by atoms with Gasteiger partial charge >= 0.3 is 0 Å². The van der Waals surface area contributed by atoms with Crippen molar-refractivity contribution in [2.45, 2.75) is 45.1 Å². The summed E-state index contributed by atoms with van der Waals surface area (Å²) in [5.74, 6) is -0.105. The number of hydrogen-bond donors (Lipinski definition) is 2. The number of carbonyl (C=O) groups is 1. The summed E-state index contributed by atoms with van der Waals surface area (Å²) in [5.41, 5.74) is 8.44. The minimum absolute atomic E-state index is 0.105. The zero-order valence-electron chi connectivity index (χ0n) is 11.5. The summed E-state index contributed by atoms with van der Waals surface area (Å²) in [5, 5.41) is 2.94. The lowest BCUT2D eigenvalue weighted by atomic mass is 9.97. The number of fused-ring (bicyclic) bond motifs is 1. The molecule has 0 saturated heterocycles. The highest BCUT2D eigenvalue weighted by atomic mass is 32.1. The summed E-state index contributed by atoms with van der Waals surface area (Å²) in [6.07, 6.45) is 4.05. The molecular formula is C15H20N2OS. The summed E-state index contributed by atoms with van der Waals surface area (Å²) in [6, 6.07) is 5.93. The van der Waals surface area contributed by atoms with E-state index in [2.05, 4.69) is 11.4 Å². The molecule has 2 rings (SSSR count). The molecule has 1 aliphatic rings. The van der Waals surface area contributed by atoms with Gasteiger partial charge in [0, 0.05) is 5.56 Å². The van der Waals surface area contributed by atoms with E-state index in [0.29, 0.717) is 17.0 Å². The molecule has 0 fully saturated rings. The average Bonchev–Trinajstić information content (AvgIpc) is 2.85. The van der Waals surface area contributed by atoms with Crippen LogP contribution in [-0.2, 0) is 12.8 Å². The number of rotatable bonds is 4. The van der Waals surface area contributed by atoms with Crippen LogP contribution in [0.25, 0.3) is 0 Å². The van der Waals surface area contributed by atoms with Crippen molar-refractivity contribution in [3.63, 3.8) is 0 Å². The van der Waals surface area contributed by atoms with Gasteiger partial charge in [0.05, 0.1) is 10.5 Å². The third-order valence-corrected chi connectivity index (χ3v) is 4.45. The highest BCUT2D eigenvalue weighted by Gasteiger charge is 2.28. The SMILES string of the molecule is CCC(C)(NC(=O)c1ccc2c(c1)CCC2)C(N)=S. The summed E-state index contributed by atoms with van der Waals surface area (Å²) >= 11 is 5.04. The number of aryl methyl sites for hydroxylation is 2. The Labute approximate surface area is 119 Å². The van der Waals surface area contributed by atoms with E-state index in [1.54, 1.807) is 0 Å². The number of nitrogens with two attached hydrogens (primary N) is 1. The molecule has 19 heavy (non-hydrogen) atoms. The number of thiocarbonyl (C=S) groups is 1. The lowest BCUT2D eigenvalue weighted by molar-refractivity contribution is 0.0926. The molecule has 3 nitrogen and oxygen atoms in total. The first-order valence-corrected chi connectivity index (χ1v) is 7.11. The van der Waals surface area contributed by atoms with Gasteiger partial charge in [-0.25, -0.2) is 0 Å². The molecule has 0 heterocycles. The molecule has 1 atom stereocenters. The Kier molecular flexibility index (Phi) is 3.90. The quantitative estimate of drug-likeness (QED) is 0.830. The molecule has 0 bridgehead atoms. The molecule has 1 aliphatic carbocycles. The van der Waals surface area contributed by atoms with E-state index in [1.807, 2.05) is 26.0 Å². The first-order valence-electron chi connectivity index (χ1n) is 6.70. The van der Waals surface area contributed by atoms with Gasteiger partial charge in [0.1, 0.15) is 0 Å². The first-order chi connectivity index (χ1) is 8.96.